The van der Waals surface area contributed by atoms with E-state index in [9.17, 15) is 9.90 Å². The van der Waals surface area contributed by atoms with Gasteiger partial charge in [0.15, 0.2) is 0 Å². The number of carbonyl (C=O) groups is 1. The van der Waals surface area contributed by atoms with Gasteiger partial charge in [0.2, 0.25) is 0 Å². The van der Waals surface area contributed by atoms with E-state index in [-0.39, 0.29) is 17.7 Å². The molecule has 16 heavy (non-hydrogen) atoms. The Bertz CT molecular complexity index is 375. The molecule has 0 aromatic heterocycles. The van der Waals surface area contributed by atoms with Crippen LogP contribution < -0.4 is 5.32 Å². The summed E-state index contributed by atoms with van der Waals surface area (Å²) in [4.78, 5) is 12.4. The van der Waals surface area contributed by atoms with Gasteiger partial charge in [-0.25, -0.2) is 0 Å². The number of hydrogen-bond donors (Lipinski definition) is 3. The highest BCUT2D eigenvalue weighted by Gasteiger charge is 2.13. The molecule has 4 heteroatoms. The second kappa shape index (κ2) is 5.80. The van der Waals surface area contributed by atoms with E-state index in [1.54, 1.807) is 6.07 Å². The summed E-state index contributed by atoms with van der Waals surface area (Å²) < 4.78 is 0. The first-order valence-electron chi connectivity index (χ1n) is 5.41. The van der Waals surface area contributed by atoms with Crippen molar-refractivity contribution in [3.05, 3.63) is 23.8 Å². The molecule has 0 spiro atoms. The lowest BCUT2D eigenvalue weighted by Gasteiger charge is -2.15. The van der Waals surface area contributed by atoms with Crippen LogP contribution in [0.25, 0.3) is 0 Å². The van der Waals surface area contributed by atoms with Crippen molar-refractivity contribution in [2.75, 3.05) is 0 Å². The number of nitrogens with one attached hydrogen (secondary N) is 1. The van der Waals surface area contributed by atoms with Gasteiger partial charge in [0.05, 0.1) is 5.56 Å². The molecule has 1 aromatic carbocycles. The standard InChI is InChI=1S/C12H17NO2S/c1-3-8(4-2)13-12(15)10-6-5-9(14)7-11(10)16/h5-8,14,16H,3-4H2,1-2H3,(H,13,15). The number of carbonyl (C=O) groups excluding carboxylic acids is 1. The van der Waals surface area contributed by atoms with Gasteiger partial charge in [0.25, 0.3) is 5.91 Å². The van der Waals surface area contributed by atoms with Crippen LogP contribution in [-0.4, -0.2) is 17.1 Å². The third kappa shape index (κ3) is 3.17. The molecular formula is C12H17NO2S. The molecule has 0 aliphatic heterocycles. The average Bonchev–Trinajstić information content (AvgIpc) is 2.25. The maximum Gasteiger partial charge on any atom is 0.252 e. The zero-order valence-corrected chi connectivity index (χ0v) is 10.4. The number of aromatic hydroxyl groups is 1. The molecule has 1 rings (SSSR count). The van der Waals surface area contributed by atoms with Gasteiger partial charge >= 0.3 is 0 Å². The monoisotopic (exact) mass is 239 g/mol. The van der Waals surface area contributed by atoms with Gasteiger partial charge in [0, 0.05) is 10.9 Å². The third-order valence-electron chi connectivity index (χ3n) is 2.55. The minimum atomic E-state index is -0.140. The predicted octanol–water partition coefficient (Wildman–Crippen LogP) is 2.60. The van der Waals surface area contributed by atoms with E-state index >= 15 is 0 Å². The lowest BCUT2D eigenvalue weighted by atomic mass is 10.1. The van der Waals surface area contributed by atoms with E-state index in [4.69, 9.17) is 0 Å². The highest BCUT2D eigenvalue weighted by atomic mass is 32.1. The number of benzene rings is 1. The Hall–Kier alpha value is -1.16. The Morgan fingerprint density at radius 1 is 1.44 bits per heavy atom. The Labute approximate surface area is 101 Å². The summed E-state index contributed by atoms with van der Waals surface area (Å²) in [5.41, 5.74) is 0.494. The highest BCUT2D eigenvalue weighted by Crippen LogP contribution is 2.20. The lowest BCUT2D eigenvalue weighted by Crippen LogP contribution is -2.33. The van der Waals surface area contributed by atoms with E-state index in [2.05, 4.69) is 17.9 Å². The highest BCUT2D eigenvalue weighted by molar-refractivity contribution is 7.80. The minimum Gasteiger partial charge on any atom is -0.508 e. The first-order chi connectivity index (χ1) is 7.58. The molecule has 0 unspecified atom stereocenters. The van der Waals surface area contributed by atoms with Gasteiger partial charge in [-0.15, -0.1) is 12.6 Å². The molecule has 0 aliphatic rings. The minimum absolute atomic E-state index is 0.115. The average molecular weight is 239 g/mol. The smallest absolute Gasteiger partial charge is 0.252 e. The van der Waals surface area contributed by atoms with Crippen LogP contribution in [0.3, 0.4) is 0 Å². The van der Waals surface area contributed by atoms with Crippen molar-refractivity contribution in [3.63, 3.8) is 0 Å². The number of phenolic OH excluding ortho intramolecular Hbond substituents is 1. The van der Waals surface area contributed by atoms with Crippen LogP contribution in [0.4, 0.5) is 0 Å². The second-order valence-corrected chi connectivity index (χ2v) is 4.17. The number of phenols is 1. The van der Waals surface area contributed by atoms with Crippen molar-refractivity contribution in [3.8, 4) is 5.75 Å². The molecular weight excluding hydrogens is 222 g/mol. The molecule has 0 saturated carbocycles. The largest absolute Gasteiger partial charge is 0.508 e. The quantitative estimate of drug-likeness (QED) is 0.707. The summed E-state index contributed by atoms with van der Waals surface area (Å²) in [7, 11) is 0. The molecule has 0 aliphatic carbocycles. The van der Waals surface area contributed by atoms with Gasteiger partial charge in [0.1, 0.15) is 5.75 Å². The van der Waals surface area contributed by atoms with Gasteiger partial charge in [-0.3, -0.25) is 4.79 Å². The van der Waals surface area contributed by atoms with Crippen LogP contribution in [0.2, 0.25) is 0 Å². The van der Waals surface area contributed by atoms with Crippen molar-refractivity contribution >= 4 is 18.5 Å². The molecule has 0 bridgehead atoms. The van der Waals surface area contributed by atoms with Crippen LogP contribution in [0.5, 0.6) is 5.75 Å². The summed E-state index contributed by atoms with van der Waals surface area (Å²) >= 11 is 4.17. The van der Waals surface area contributed by atoms with Crippen LogP contribution in [0, 0.1) is 0 Å². The molecule has 0 saturated heterocycles. The van der Waals surface area contributed by atoms with Crippen molar-refractivity contribution in [2.45, 2.75) is 37.6 Å². The fourth-order valence-electron chi connectivity index (χ4n) is 1.47. The Kier molecular flexibility index (Phi) is 4.68. The molecule has 2 N–H and O–H groups in total. The van der Waals surface area contributed by atoms with E-state index in [0.29, 0.717) is 10.5 Å². The zero-order valence-electron chi connectivity index (χ0n) is 9.53. The molecule has 88 valence electrons. The van der Waals surface area contributed by atoms with Gasteiger partial charge in [-0.1, -0.05) is 13.8 Å². The summed E-state index contributed by atoms with van der Waals surface area (Å²) in [6, 6.07) is 4.72. The van der Waals surface area contributed by atoms with Gasteiger partial charge in [-0.2, -0.15) is 0 Å². The Balaban J connectivity index is 2.80. The van der Waals surface area contributed by atoms with Crippen LogP contribution in [0.1, 0.15) is 37.0 Å². The first-order valence-corrected chi connectivity index (χ1v) is 5.86. The Morgan fingerprint density at radius 2 is 2.06 bits per heavy atom. The van der Waals surface area contributed by atoms with E-state index in [0.717, 1.165) is 12.8 Å². The number of hydrogen-bond acceptors (Lipinski definition) is 3. The van der Waals surface area contributed by atoms with Crippen molar-refractivity contribution in [1.82, 2.24) is 5.32 Å². The topological polar surface area (TPSA) is 49.3 Å². The molecule has 1 amide bonds. The number of rotatable bonds is 4. The molecule has 0 heterocycles. The third-order valence-corrected chi connectivity index (χ3v) is 2.92. The molecule has 0 fully saturated rings. The van der Waals surface area contributed by atoms with Crippen molar-refractivity contribution in [1.29, 1.82) is 0 Å². The molecule has 3 nitrogen and oxygen atoms in total. The van der Waals surface area contributed by atoms with Crippen molar-refractivity contribution in [2.24, 2.45) is 0 Å². The van der Waals surface area contributed by atoms with E-state index in [1.807, 2.05) is 13.8 Å². The molecule has 0 radical (unpaired) electrons. The first kappa shape index (κ1) is 12.9. The van der Waals surface area contributed by atoms with E-state index in [1.165, 1.54) is 12.1 Å². The van der Waals surface area contributed by atoms with Gasteiger partial charge in [-0.05, 0) is 31.0 Å². The zero-order chi connectivity index (χ0) is 12.1. The maximum absolute atomic E-state index is 11.9. The fraction of sp³-hybridized carbons (Fsp3) is 0.417. The molecule has 1 aromatic rings. The molecule has 0 atom stereocenters. The normalized spacial score (nSPS) is 10.5. The summed E-state index contributed by atoms with van der Waals surface area (Å²) in [6.45, 7) is 4.07. The van der Waals surface area contributed by atoms with Crippen LogP contribution in [0.15, 0.2) is 23.1 Å². The lowest BCUT2D eigenvalue weighted by molar-refractivity contribution is 0.0932. The summed E-state index contributed by atoms with van der Waals surface area (Å²) in [6.07, 6.45) is 1.81. The van der Waals surface area contributed by atoms with Gasteiger partial charge < -0.3 is 10.4 Å². The summed E-state index contributed by atoms with van der Waals surface area (Å²) in [5, 5.41) is 12.1. The maximum atomic E-state index is 11.9. The van der Waals surface area contributed by atoms with E-state index < -0.39 is 0 Å². The van der Waals surface area contributed by atoms with Crippen LogP contribution in [-0.2, 0) is 0 Å². The number of thiol groups is 1. The second-order valence-electron chi connectivity index (χ2n) is 3.69. The predicted molar refractivity (Wildman–Crippen MR) is 67.2 cm³/mol. The number of amides is 1. The van der Waals surface area contributed by atoms with Crippen LogP contribution >= 0.6 is 12.6 Å². The SMILES string of the molecule is CCC(CC)NC(=O)c1ccc(O)cc1S. The van der Waals surface area contributed by atoms with Crippen molar-refractivity contribution < 1.29 is 9.90 Å². The Morgan fingerprint density at radius 3 is 2.56 bits per heavy atom. The summed E-state index contributed by atoms with van der Waals surface area (Å²) in [5.74, 6) is -0.0252. The fourth-order valence-corrected chi connectivity index (χ4v) is 1.78.